The minimum atomic E-state index is -0.176. The van der Waals surface area contributed by atoms with Crippen LogP contribution in [0.1, 0.15) is 36.7 Å². The number of fused-ring (bicyclic) bond motifs is 1. The van der Waals surface area contributed by atoms with Crippen molar-refractivity contribution in [3.8, 4) is 0 Å². The Morgan fingerprint density at radius 3 is 2.50 bits per heavy atom. The molecule has 1 amide bonds. The van der Waals surface area contributed by atoms with E-state index in [9.17, 15) is 4.79 Å². The molecule has 3 aromatic rings. The van der Waals surface area contributed by atoms with Gasteiger partial charge in [0.05, 0.1) is 19.4 Å². The second-order valence-electron chi connectivity index (χ2n) is 7.98. The number of amides is 1. The van der Waals surface area contributed by atoms with Crippen LogP contribution in [0, 0.1) is 0 Å². The van der Waals surface area contributed by atoms with Crippen molar-refractivity contribution in [2.24, 2.45) is 0 Å². The van der Waals surface area contributed by atoms with Gasteiger partial charge in [-0.2, -0.15) is 9.61 Å². The van der Waals surface area contributed by atoms with Gasteiger partial charge in [0, 0.05) is 30.8 Å². The number of nitrogens with zero attached hydrogens (tertiary/aromatic N) is 4. The fourth-order valence-electron chi connectivity index (χ4n) is 3.29. The Morgan fingerprint density at radius 1 is 1.11 bits per heavy atom. The molecule has 146 valence electrons. The van der Waals surface area contributed by atoms with Gasteiger partial charge >= 0.3 is 0 Å². The lowest BCUT2D eigenvalue weighted by Crippen LogP contribution is -2.37. The van der Waals surface area contributed by atoms with E-state index in [0.717, 1.165) is 18.9 Å². The van der Waals surface area contributed by atoms with E-state index < -0.39 is 0 Å². The summed E-state index contributed by atoms with van der Waals surface area (Å²) < 4.78 is 7.23. The highest BCUT2D eigenvalue weighted by atomic mass is 16.5. The van der Waals surface area contributed by atoms with Crippen LogP contribution in [0.3, 0.4) is 0 Å². The highest BCUT2D eigenvalue weighted by molar-refractivity contribution is 6.04. The van der Waals surface area contributed by atoms with Crippen molar-refractivity contribution in [3.63, 3.8) is 0 Å². The Balaban J connectivity index is 1.59. The molecule has 1 aliphatic rings. The summed E-state index contributed by atoms with van der Waals surface area (Å²) in [6, 6.07) is 11.4. The van der Waals surface area contributed by atoms with Crippen molar-refractivity contribution >= 4 is 23.2 Å². The summed E-state index contributed by atoms with van der Waals surface area (Å²) in [7, 11) is 0. The summed E-state index contributed by atoms with van der Waals surface area (Å²) in [6.45, 7) is 9.36. The number of morpholine rings is 1. The molecule has 7 heteroatoms. The maximum Gasteiger partial charge on any atom is 0.256 e. The molecule has 0 bridgehead atoms. The van der Waals surface area contributed by atoms with Gasteiger partial charge in [0.1, 0.15) is 11.6 Å². The van der Waals surface area contributed by atoms with Crippen LogP contribution in [0.25, 0.3) is 5.65 Å². The number of aromatic nitrogens is 3. The van der Waals surface area contributed by atoms with Gasteiger partial charge in [0.25, 0.3) is 5.91 Å². The van der Waals surface area contributed by atoms with Crippen molar-refractivity contribution < 1.29 is 9.53 Å². The SMILES string of the molecule is CC(C)(C)c1ccc(C(=O)Nc2cc(N3CCOCC3)n3nccc3n2)cc1. The predicted octanol–water partition coefficient (Wildman–Crippen LogP) is 3.12. The summed E-state index contributed by atoms with van der Waals surface area (Å²) in [5.41, 5.74) is 2.55. The summed E-state index contributed by atoms with van der Waals surface area (Å²) >= 11 is 0. The van der Waals surface area contributed by atoms with Gasteiger partial charge in [-0.25, -0.2) is 4.98 Å². The molecule has 0 unspecified atom stereocenters. The number of hydrogen-bond acceptors (Lipinski definition) is 5. The second kappa shape index (κ2) is 7.24. The Kier molecular flexibility index (Phi) is 4.77. The van der Waals surface area contributed by atoms with E-state index in [1.54, 1.807) is 10.7 Å². The van der Waals surface area contributed by atoms with Crippen LogP contribution in [-0.2, 0) is 10.2 Å². The molecule has 2 aromatic heterocycles. The van der Waals surface area contributed by atoms with Crippen LogP contribution in [0.4, 0.5) is 11.6 Å². The van der Waals surface area contributed by atoms with Crippen LogP contribution in [-0.4, -0.2) is 46.8 Å². The van der Waals surface area contributed by atoms with Crippen molar-refractivity contribution in [1.82, 2.24) is 14.6 Å². The van der Waals surface area contributed by atoms with Crippen LogP contribution < -0.4 is 10.2 Å². The van der Waals surface area contributed by atoms with Crippen molar-refractivity contribution in [1.29, 1.82) is 0 Å². The van der Waals surface area contributed by atoms with Gasteiger partial charge in [0.2, 0.25) is 0 Å². The highest BCUT2D eigenvalue weighted by Gasteiger charge is 2.18. The van der Waals surface area contributed by atoms with Crippen molar-refractivity contribution in [2.75, 3.05) is 36.5 Å². The number of rotatable bonds is 3. The second-order valence-corrected chi connectivity index (χ2v) is 7.98. The summed E-state index contributed by atoms with van der Waals surface area (Å²) in [6.07, 6.45) is 1.71. The first kappa shape index (κ1) is 18.4. The Labute approximate surface area is 164 Å². The first-order valence-electron chi connectivity index (χ1n) is 9.51. The van der Waals surface area contributed by atoms with E-state index in [1.807, 2.05) is 36.4 Å². The van der Waals surface area contributed by atoms with Crippen molar-refractivity contribution in [2.45, 2.75) is 26.2 Å². The van der Waals surface area contributed by atoms with Crippen LogP contribution in [0.15, 0.2) is 42.6 Å². The van der Waals surface area contributed by atoms with Crippen LogP contribution in [0.2, 0.25) is 0 Å². The fraction of sp³-hybridized carbons (Fsp3) is 0.381. The summed E-state index contributed by atoms with van der Waals surface area (Å²) in [5, 5.41) is 7.29. The molecule has 1 N–H and O–H groups in total. The summed E-state index contributed by atoms with van der Waals surface area (Å²) in [4.78, 5) is 19.4. The number of ether oxygens (including phenoxy) is 1. The van der Waals surface area contributed by atoms with Gasteiger partial charge in [-0.05, 0) is 23.1 Å². The molecule has 1 aromatic carbocycles. The number of benzene rings is 1. The maximum atomic E-state index is 12.7. The molecule has 0 saturated carbocycles. The zero-order valence-electron chi connectivity index (χ0n) is 16.5. The number of anilines is 2. The van der Waals surface area contributed by atoms with E-state index in [4.69, 9.17) is 4.74 Å². The maximum absolute atomic E-state index is 12.7. The zero-order valence-corrected chi connectivity index (χ0v) is 16.5. The molecule has 1 fully saturated rings. The van der Waals surface area contributed by atoms with Gasteiger partial charge in [0.15, 0.2) is 5.65 Å². The quantitative estimate of drug-likeness (QED) is 0.757. The standard InChI is InChI=1S/C21H25N5O2/c1-21(2,3)16-6-4-15(5-7-16)20(27)24-17-14-19(25-10-12-28-13-11-25)26-18(23-17)8-9-22-26/h4-9,14H,10-13H2,1-3H3,(H,23,24,27). The Bertz CT molecular complexity index is 982. The molecule has 0 spiro atoms. The summed E-state index contributed by atoms with van der Waals surface area (Å²) in [5.74, 6) is 1.24. The van der Waals surface area contributed by atoms with Gasteiger partial charge in [-0.1, -0.05) is 32.9 Å². The third-order valence-corrected chi connectivity index (χ3v) is 4.93. The minimum Gasteiger partial charge on any atom is -0.378 e. The third-order valence-electron chi connectivity index (χ3n) is 4.93. The highest BCUT2D eigenvalue weighted by Crippen LogP contribution is 2.24. The molecule has 4 rings (SSSR count). The normalized spacial score (nSPS) is 15.0. The van der Waals surface area contributed by atoms with E-state index >= 15 is 0 Å². The molecule has 7 nitrogen and oxygen atoms in total. The van der Waals surface area contributed by atoms with Crippen LogP contribution >= 0.6 is 0 Å². The number of nitrogens with one attached hydrogen (secondary N) is 1. The smallest absolute Gasteiger partial charge is 0.256 e. The molecule has 1 aliphatic heterocycles. The van der Waals surface area contributed by atoms with E-state index in [1.165, 1.54) is 5.56 Å². The molecule has 0 radical (unpaired) electrons. The third kappa shape index (κ3) is 3.71. The molecule has 28 heavy (non-hydrogen) atoms. The topological polar surface area (TPSA) is 71.8 Å². The molecule has 3 heterocycles. The predicted molar refractivity (Wildman–Crippen MR) is 109 cm³/mol. The zero-order chi connectivity index (χ0) is 19.7. The monoisotopic (exact) mass is 379 g/mol. The van der Waals surface area contributed by atoms with E-state index in [0.29, 0.717) is 30.2 Å². The molecule has 0 aliphatic carbocycles. The largest absolute Gasteiger partial charge is 0.378 e. The first-order chi connectivity index (χ1) is 13.4. The molecule has 1 saturated heterocycles. The fourth-order valence-corrected chi connectivity index (χ4v) is 3.29. The lowest BCUT2D eigenvalue weighted by molar-refractivity contribution is 0.102. The lowest BCUT2D eigenvalue weighted by Gasteiger charge is -2.29. The number of carbonyl (C=O) groups excluding carboxylic acids is 1. The van der Waals surface area contributed by atoms with Gasteiger partial charge in [-0.15, -0.1) is 0 Å². The Morgan fingerprint density at radius 2 is 1.82 bits per heavy atom. The average molecular weight is 379 g/mol. The van der Waals surface area contributed by atoms with Crippen LogP contribution in [0.5, 0.6) is 0 Å². The minimum absolute atomic E-state index is 0.0522. The number of carbonyl (C=O) groups is 1. The van der Waals surface area contributed by atoms with Gasteiger partial charge in [-0.3, -0.25) is 4.79 Å². The number of hydrogen-bond donors (Lipinski definition) is 1. The van der Waals surface area contributed by atoms with E-state index in [2.05, 4.69) is 41.1 Å². The average Bonchev–Trinajstić information content (AvgIpc) is 3.16. The molecular formula is C21H25N5O2. The van der Waals surface area contributed by atoms with Gasteiger partial charge < -0.3 is 15.0 Å². The van der Waals surface area contributed by atoms with E-state index in [-0.39, 0.29) is 11.3 Å². The Hall–Kier alpha value is -2.93. The van der Waals surface area contributed by atoms with Crippen molar-refractivity contribution in [3.05, 3.63) is 53.7 Å². The molecular weight excluding hydrogens is 354 g/mol. The lowest BCUT2D eigenvalue weighted by atomic mass is 9.87. The first-order valence-corrected chi connectivity index (χ1v) is 9.51. The molecule has 0 atom stereocenters.